The van der Waals surface area contributed by atoms with E-state index in [1.807, 2.05) is 31.2 Å². The van der Waals surface area contributed by atoms with E-state index in [0.29, 0.717) is 6.61 Å². The molecule has 5 rings (SSSR count). The first-order valence-electron chi connectivity index (χ1n) is 9.56. The van der Waals surface area contributed by atoms with E-state index in [2.05, 4.69) is 28.1 Å². The molecule has 1 saturated carbocycles. The quantitative estimate of drug-likeness (QED) is 0.561. The van der Waals surface area contributed by atoms with Gasteiger partial charge in [0.15, 0.2) is 11.6 Å². The molecule has 5 nitrogen and oxygen atoms in total. The number of benzene rings is 2. The molecular formula is C22H22N2O3S. The van der Waals surface area contributed by atoms with Gasteiger partial charge in [0.1, 0.15) is 11.5 Å². The summed E-state index contributed by atoms with van der Waals surface area (Å²) in [7, 11) is 1.68. The van der Waals surface area contributed by atoms with E-state index in [9.17, 15) is 0 Å². The molecule has 28 heavy (non-hydrogen) atoms. The van der Waals surface area contributed by atoms with E-state index in [0.717, 1.165) is 45.5 Å². The molecule has 2 aromatic carbocycles. The smallest absolute Gasteiger partial charge is 0.183 e. The van der Waals surface area contributed by atoms with Crippen LogP contribution in [-0.2, 0) is 11.8 Å². The summed E-state index contributed by atoms with van der Waals surface area (Å²) in [5, 5.41) is 4.35. The molecule has 1 heterocycles. The van der Waals surface area contributed by atoms with Crippen molar-refractivity contribution in [2.75, 3.05) is 18.4 Å². The fourth-order valence-electron chi connectivity index (χ4n) is 4.03. The first kappa shape index (κ1) is 17.5. The summed E-state index contributed by atoms with van der Waals surface area (Å²) in [4.78, 5) is 1.01. The van der Waals surface area contributed by atoms with Gasteiger partial charge in [-0.1, -0.05) is 23.4 Å². The van der Waals surface area contributed by atoms with Gasteiger partial charge in [0.05, 0.1) is 18.6 Å². The lowest BCUT2D eigenvalue weighted by Crippen LogP contribution is -2.17. The standard InChI is InChI=1S/C22H22N2O3S/c1-3-26-14-8-9-17-15(12-14)20-16(13-22(17)10-11-22)21(23-27-20)24-28-19-7-5-4-6-18(19)25-2/h4-9,12H,3,10-11,13H2,1-2H3,(H,23,24). The van der Waals surface area contributed by atoms with Crippen LogP contribution in [0.5, 0.6) is 11.5 Å². The molecule has 1 aromatic heterocycles. The molecule has 2 aliphatic rings. The number of nitrogens with zero attached hydrogens (tertiary/aromatic N) is 1. The zero-order valence-electron chi connectivity index (χ0n) is 16.0. The lowest BCUT2D eigenvalue weighted by atomic mass is 9.79. The number of methoxy groups -OCH3 is 1. The zero-order valence-corrected chi connectivity index (χ0v) is 16.8. The number of hydrogen-bond donors (Lipinski definition) is 1. The van der Waals surface area contributed by atoms with Crippen LogP contribution in [0.3, 0.4) is 0 Å². The highest BCUT2D eigenvalue weighted by Crippen LogP contribution is 2.58. The molecule has 0 atom stereocenters. The van der Waals surface area contributed by atoms with E-state index in [1.165, 1.54) is 30.4 Å². The molecule has 0 radical (unpaired) electrons. The minimum absolute atomic E-state index is 0.226. The monoisotopic (exact) mass is 394 g/mol. The second-order valence-corrected chi connectivity index (χ2v) is 8.14. The maximum absolute atomic E-state index is 5.80. The summed E-state index contributed by atoms with van der Waals surface area (Å²) in [5.41, 5.74) is 3.86. The van der Waals surface area contributed by atoms with Gasteiger partial charge in [0.25, 0.3) is 0 Å². The van der Waals surface area contributed by atoms with Crippen LogP contribution in [0.25, 0.3) is 11.3 Å². The van der Waals surface area contributed by atoms with Gasteiger partial charge in [0, 0.05) is 16.5 Å². The van der Waals surface area contributed by atoms with E-state index in [4.69, 9.17) is 14.0 Å². The molecule has 6 heteroatoms. The second-order valence-electron chi connectivity index (χ2n) is 7.29. The highest BCUT2D eigenvalue weighted by molar-refractivity contribution is 8.00. The third-order valence-electron chi connectivity index (χ3n) is 5.60. The van der Waals surface area contributed by atoms with Crippen LogP contribution in [-0.4, -0.2) is 18.9 Å². The van der Waals surface area contributed by atoms with Gasteiger partial charge in [-0.15, -0.1) is 0 Å². The number of rotatable bonds is 6. The molecule has 0 saturated heterocycles. The first-order chi connectivity index (χ1) is 13.7. The largest absolute Gasteiger partial charge is 0.496 e. The van der Waals surface area contributed by atoms with E-state index >= 15 is 0 Å². The van der Waals surface area contributed by atoms with Crippen molar-refractivity contribution in [1.82, 2.24) is 5.16 Å². The fraction of sp³-hybridized carbons (Fsp3) is 0.318. The van der Waals surface area contributed by atoms with Crippen LogP contribution in [0.4, 0.5) is 5.82 Å². The van der Waals surface area contributed by atoms with E-state index < -0.39 is 0 Å². The third kappa shape index (κ3) is 2.83. The molecule has 0 amide bonds. The Balaban J connectivity index is 1.48. The molecule has 1 N–H and O–H groups in total. The van der Waals surface area contributed by atoms with Crippen molar-refractivity contribution in [3.8, 4) is 22.8 Å². The Bertz CT molecular complexity index is 1030. The Morgan fingerprint density at radius 3 is 2.86 bits per heavy atom. The minimum atomic E-state index is 0.226. The molecule has 1 fully saturated rings. The van der Waals surface area contributed by atoms with Crippen LogP contribution >= 0.6 is 11.9 Å². The van der Waals surface area contributed by atoms with Gasteiger partial charge >= 0.3 is 0 Å². The first-order valence-corrected chi connectivity index (χ1v) is 10.4. The zero-order chi connectivity index (χ0) is 19.1. The molecule has 1 spiro atoms. The molecule has 144 valence electrons. The minimum Gasteiger partial charge on any atom is -0.496 e. The fourth-order valence-corrected chi connectivity index (χ4v) is 4.80. The highest BCUT2D eigenvalue weighted by atomic mass is 32.2. The summed E-state index contributed by atoms with van der Waals surface area (Å²) < 4.78 is 20.3. The van der Waals surface area contributed by atoms with Crippen LogP contribution in [0.2, 0.25) is 0 Å². The maximum Gasteiger partial charge on any atom is 0.183 e. The van der Waals surface area contributed by atoms with Crippen molar-refractivity contribution in [2.45, 2.75) is 36.5 Å². The van der Waals surface area contributed by atoms with Crippen molar-refractivity contribution < 1.29 is 14.0 Å². The number of fused-ring (bicyclic) bond motifs is 4. The summed E-state index contributed by atoms with van der Waals surface area (Å²) >= 11 is 1.49. The number of aromatic nitrogens is 1. The van der Waals surface area contributed by atoms with Crippen LogP contribution in [0.1, 0.15) is 30.9 Å². The predicted molar refractivity (Wildman–Crippen MR) is 110 cm³/mol. The van der Waals surface area contributed by atoms with Crippen molar-refractivity contribution in [3.63, 3.8) is 0 Å². The van der Waals surface area contributed by atoms with Gasteiger partial charge in [-0.05, 0) is 68.0 Å². The number of anilines is 1. The number of para-hydroxylation sites is 1. The Hall–Kier alpha value is -2.60. The van der Waals surface area contributed by atoms with Crippen molar-refractivity contribution in [3.05, 3.63) is 53.6 Å². The Kier molecular flexibility index (Phi) is 4.23. The highest BCUT2D eigenvalue weighted by Gasteiger charge is 2.50. The number of hydrogen-bond acceptors (Lipinski definition) is 6. The van der Waals surface area contributed by atoms with Crippen molar-refractivity contribution in [1.29, 1.82) is 0 Å². The summed E-state index contributed by atoms with van der Waals surface area (Å²) in [6, 6.07) is 14.3. The summed E-state index contributed by atoms with van der Waals surface area (Å²) in [5.74, 6) is 3.36. The molecular weight excluding hydrogens is 372 g/mol. The lowest BCUT2D eigenvalue weighted by Gasteiger charge is -2.25. The lowest BCUT2D eigenvalue weighted by molar-refractivity contribution is 0.340. The van der Waals surface area contributed by atoms with Gasteiger partial charge < -0.3 is 18.7 Å². The Labute approximate surface area is 168 Å². The maximum atomic E-state index is 5.80. The van der Waals surface area contributed by atoms with Crippen molar-refractivity contribution in [2.24, 2.45) is 0 Å². The predicted octanol–water partition coefficient (Wildman–Crippen LogP) is 5.46. The van der Waals surface area contributed by atoms with Crippen LogP contribution in [0.15, 0.2) is 51.9 Å². The molecule has 0 aliphatic heterocycles. The molecule has 0 unspecified atom stereocenters. The SMILES string of the molecule is CCOc1ccc2c(c1)-c1onc(NSc3ccccc3OC)c1CC21CC1. The van der Waals surface area contributed by atoms with Crippen molar-refractivity contribution >= 4 is 17.8 Å². The normalized spacial score (nSPS) is 15.6. The molecule has 0 bridgehead atoms. The van der Waals surface area contributed by atoms with E-state index in [1.54, 1.807) is 7.11 Å². The number of nitrogens with one attached hydrogen (secondary N) is 1. The summed E-state index contributed by atoms with van der Waals surface area (Å²) in [6.45, 7) is 2.65. The topological polar surface area (TPSA) is 56.5 Å². The molecule has 3 aromatic rings. The van der Waals surface area contributed by atoms with Crippen LogP contribution in [0, 0.1) is 0 Å². The third-order valence-corrected chi connectivity index (χ3v) is 6.45. The average molecular weight is 394 g/mol. The van der Waals surface area contributed by atoms with Gasteiger partial charge in [-0.25, -0.2) is 0 Å². The average Bonchev–Trinajstić information content (AvgIpc) is 3.38. The Morgan fingerprint density at radius 2 is 2.07 bits per heavy atom. The van der Waals surface area contributed by atoms with Gasteiger partial charge in [-0.2, -0.15) is 0 Å². The van der Waals surface area contributed by atoms with Gasteiger partial charge in [-0.3, -0.25) is 0 Å². The second kappa shape index (κ2) is 6.78. The van der Waals surface area contributed by atoms with E-state index in [-0.39, 0.29) is 5.41 Å². The van der Waals surface area contributed by atoms with Gasteiger partial charge in [0.2, 0.25) is 0 Å². The number of ether oxygens (including phenoxy) is 2. The molecule has 2 aliphatic carbocycles. The van der Waals surface area contributed by atoms with Crippen LogP contribution < -0.4 is 14.2 Å². The Morgan fingerprint density at radius 1 is 1.21 bits per heavy atom. The summed E-state index contributed by atoms with van der Waals surface area (Å²) in [6.07, 6.45) is 3.37.